The second kappa shape index (κ2) is 6.93. The van der Waals surface area contributed by atoms with E-state index in [1.54, 1.807) is 0 Å². The van der Waals surface area contributed by atoms with E-state index in [2.05, 4.69) is 43.1 Å². The summed E-state index contributed by atoms with van der Waals surface area (Å²) < 4.78 is 0. The molecule has 0 bridgehead atoms. The van der Waals surface area contributed by atoms with E-state index in [0.717, 1.165) is 24.0 Å². The lowest BCUT2D eigenvalue weighted by molar-refractivity contribution is 0.160. The Labute approximate surface area is 128 Å². The first-order valence-electron chi connectivity index (χ1n) is 7.64. The molecule has 0 aromatic heterocycles. The first-order valence-corrected chi connectivity index (χ1v) is 8.02. The molecule has 1 aliphatic rings. The van der Waals surface area contributed by atoms with Gasteiger partial charge in [0.15, 0.2) is 0 Å². The number of hydrogen-bond donors (Lipinski definition) is 1. The molecule has 1 aliphatic heterocycles. The minimum Gasteiger partial charge on any atom is -0.312 e. The zero-order valence-corrected chi connectivity index (χ0v) is 13.7. The van der Waals surface area contributed by atoms with E-state index in [0.29, 0.717) is 0 Å². The van der Waals surface area contributed by atoms with E-state index in [1.807, 2.05) is 12.1 Å². The van der Waals surface area contributed by atoms with Crippen LogP contribution in [0, 0.1) is 5.92 Å². The second-order valence-electron chi connectivity index (χ2n) is 7.00. The molecule has 0 spiro atoms. The molecule has 0 amide bonds. The van der Waals surface area contributed by atoms with Gasteiger partial charge >= 0.3 is 0 Å². The van der Waals surface area contributed by atoms with E-state index in [-0.39, 0.29) is 5.54 Å². The Morgan fingerprint density at radius 2 is 1.95 bits per heavy atom. The van der Waals surface area contributed by atoms with Gasteiger partial charge in [-0.1, -0.05) is 23.7 Å². The normalized spacial score (nSPS) is 21.1. The van der Waals surface area contributed by atoms with Gasteiger partial charge in [-0.2, -0.15) is 0 Å². The van der Waals surface area contributed by atoms with Crippen molar-refractivity contribution < 1.29 is 0 Å². The number of benzene rings is 1. The van der Waals surface area contributed by atoms with E-state index in [4.69, 9.17) is 11.6 Å². The van der Waals surface area contributed by atoms with E-state index < -0.39 is 0 Å². The summed E-state index contributed by atoms with van der Waals surface area (Å²) in [5.41, 5.74) is 1.58. The Hall–Kier alpha value is -0.570. The Morgan fingerprint density at radius 1 is 1.25 bits per heavy atom. The molecule has 1 heterocycles. The van der Waals surface area contributed by atoms with Crippen molar-refractivity contribution in [2.45, 2.75) is 45.7 Å². The van der Waals surface area contributed by atoms with Crippen LogP contribution in [0.25, 0.3) is 0 Å². The highest BCUT2D eigenvalue weighted by Crippen LogP contribution is 2.19. The molecular formula is C17H27ClN2. The van der Waals surface area contributed by atoms with Crippen molar-refractivity contribution >= 4 is 11.6 Å². The average molecular weight is 295 g/mol. The number of halogens is 1. The summed E-state index contributed by atoms with van der Waals surface area (Å²) in [7, 11) is 0. The SMILES string of the molecule is CC(C)(C)NCC1CCCN(Cc2ccc(Cl)cc2)C1. The maximum atomic E-state index is 5.94. The number of rotatable bonds is 4. The third-order valence-electron chi connectivity index (χ3n) is 3.84. The summed E-state index contributed by atoms with van der Waals surface area (Å²) >= 11 is 5.94. The predicted octanol–water partition coefficient (Wildman–Crippen LogP) is 3.94. The lowest BCUT2D eigenvalue weighted by Gasteiger charge is -2.34. The molecule has 2 rings (SSSR count). The van der Waals surface area contributed by atoms with Gasteiger partial charge in [-0.25, -0.2) is 0 Å². The maximum Gasteiger partial charge on any atom is 0.0406 e. The van der Waals surface area contributed by atoms with Crippen LogP contribution in [-0.4, -0.2) is 30.1 Å². The summed E-state index contributed by atoms with van der Waals surface area (Å²) in [4.78, 5) is 2.57. The Bertz CT molecular complexity index is 408. The van der Waals surface area contributed by atoms with Crippen LogP contribution in [0.4, 0.5) is 0 Å². The topological polar surface area (TPSA) is 15.3 Å². The van der Waals surface area contributed by atoms with E-state index in [1.165, 1.54) is 31.5 Å². The fraction of sp³-hybridized carbons (Fsp3) is 0.647. The lowest BCUT2D eigenvalue weighted by Crippen LogP contribution is -2.44. The monoisotopic (exact) mass is 294 g/mol. The summed E-state index contributed by atoms with van der Waals surface area (Å²) in [5, 5.41) is 4.46. The molecule has 0 radical (unpaired) electrons. The van der Waals surface area contributed by atoms with Crippen molar-refractivity contribution in [2.75, 3.05) is 19.6 Å². The number of nitrogens with one attached hydrogen (secondary N) is 1. The molecular weight excluding hydrogens is 268 g/mol. The lowest BCUT2D eigenvalue weighted by atomic mass is 9.96. The van der Waals surface area contributed by atoms with Gasteiger partial charge in [-0.05, 0) is 70.3 Å². The number of hydrogen-bond acceptors (Lipinski definition) is 2. The van der Waals surface area contributed by atoms with Crippen LogP contribution in [0.2, 0.25) is 5.02 Å². The molecule has 0 aliphatic carbocycles. The van der Waals surface area contributed by atoms with Gasteiger partial charge in [-0.15, -0.1) is 0 Å². The van der Waals surface area contributed by atoms with E-state index in [9.17, 15) is 0 Å². The zero-order valence-electron chi connectivity index (χ0n) is 13.0. The molecule has 3 heteroatoms. The standard InChI is InChI=1S/C17H27ClN2/c1-17(2,3)19-11-15-5-4-10-20(13-15)12-14-6-8-16(18)9-7-14/h6-9,15,19H,4-5,10-13H2,1-3H3. The minimum atomic E-state index is 0.221. The van der Waals surface area contributed by atoms with Gasteiger partial charge in [0.1, 0.15) is 0 Å². The zero-order chi connectivity index (χ0) is 14.6. The average Bonchev–Trinajstić information content (AvgIpc) is 2.39. The van der Waals surface area contributed by atoms with Crippen molar-refractivity contribution in [3.63, 3.8) is 0 Å². The first kappa shape index (κ1) is 15.8. The molecule has 1 saturated heterocycles. The smallest absolute Gasteiger partial charge is 0.0406 e. The van der Waals surface area contributed by atoms with Gasteiger partial charge < -0.3 is 5.32 Å². The molecule has 20 heavy (non-hydrogen) atoms. The largest absolute Gasteiger partial charge is 0.312 e. The summed E-state index contributed by atoms with van der Waals surface area (Å²) in [6, 6.07) is 8.25. The highest BCUT2D eigenvalue weighted by molar-refractivity contribution is 6.30. The van der Waals surface area contributed by atoms with Crippen LogP contribution in [0.3, 0.4) is 0 Å². The molecule has 1 aromatic carbocycles. The molecule has 1 N–H and O–H groups in total. The minimum absolute atomic E-state index is 0.221. The predicted molar refractivity (Wildman–Crippen MR) is 87.2 cm³/mol. The van der Waals surface area contributed by atoms with Gasteiger partial charge in [0.2, 0.25) is 0 Å². The highest BCUT2D eigenvalue weighted by atomic mass is 35.5. The van der Waals surface area contributed by atoms with Crippen LogP contribution < -0.4 is 5.32 Å². The fourth-order valence-electron chi connectivity index (χ4n) is 2.76. The molecule has 0 saturated carbocycles. The fourth-order valence-corrected chi connectivity index (χ4v) is 2.89. The van der Waals surface area contributed by atoms with Crippen LogP contribution in [0.1, 0.15) is 39.2 Å². The third kappa shape index (κ3) is 5.43. The van der Waals surface area contributed by atoms with Gasteiger partial charge in [0.25, 0.3) is 0 Å². The van der Waals surface area contributed by atoms with Crippen molar-refractivity contribution in [1.29, 1.82) is 0 Å². The molecule has 112 valence electrons. The number of nitrogens with zero attached hydrogens (tertiary/aromatic N) is 1. The Kier molecular flexibility index (Phi) is 5.48. The van der Waals surface area contributed by atoms with Crippen LogP contribution >= 0.6 is 11.6 Å². The quantitative estimate of drug-likeness (QED) is 0.905. The van der Waals surface area contributed by atoms with Crippen molar-refractivity contribution in [3.8, 4) is 0 Å². The summed E-state index contributed by atoms with van der Waals surface area (Å²) in [5.74, 6) is 0.773. The third-order valence-corrected chi connectivity index (χ3v) is 4.10. The van der Waals surface area contributed by atoms with Crippen molar-refractivity contribution in [3.05, 3.63) is 34.9 Å². The molecule has 1 fully saturated rings. The van der Waals surface area contributed by atoms with Crippen LogP contribution in [-0.2, 0) is 6.54 Å². The molecule has 2 nitrogen and oxygen atoms in total. The second-order valence-corrected chi connectivity index (χ2v) is 7.44. The van der Waals surface area contributed by atoms with Crippen molar-refractivity contribution in [1.82, 2.24) is 10.2 Å². The summed E-state index contributed by atoms with van der Waals surface area (Å²) in [6.07, 6.45) is 2.66. The number of likely N-dealkylation sites (tertiary alicyclic amines) is 1. The molecule has 1 unspecified atom stereocenters. The first-order chi connectivity index (χ1) is 9.42. The summed E-state index contributed by atoms with van der Waals surface area (Å²) in [6.45, 7) is 11.3. The van der Waals surface area contributed by atoms with E-state index >= 15 is 0 Å². The molecule has 1 aromatic rings. The Morgan fingerprint density at radius 3 is 2.60 bits per heavy atom. The van der Waals surface area contributed by atoms with Crippen molar-refractivity contribution in [2.24, 2.45) is 5.92 Å². The van der Waals surface area contributed by atoms with Crippen LogP contribution in [0.15, 0.2) is 24.3 Å². The highest BCUT2D eigenvalue weighted by Gasteiger charge is 2.21. The maximum absolute atomic E-state index is 5.94. The van der Waals surface area contributed by atoms with Gasteiger partial charge in [-0.3, -0.25) is 4.90 Å². The van der Waals surface area contributed by atoms with Gasteiger partial charge in [0.05, 0.1) is 0 Å². The molecule has 1 atom stereocenters. The number of piperidine rings is 1. The Balaban J connectivity index is 1.82. The van der Waals surface area contributed by atoms with Gasteiger partial charge in [0, 0.05) is 23.7 Å². The van der Waals surface area contributed by atoms with Crippen LogP contribution in [0.5, 0.6) is 0 Å².